The van der Waals surface area contributed by atoms with Crippen molar-refractivity contribution in [1.82, 2.24) is 0 Å². The van der Waals surface area contributed by atoms with E-state index in [1.165, 1.54) is 17.4 Å². The van der Waals surface area contributed by atoms with Gasteiger partial charge in [0.05, 0.1) is 4.88 Å². The van der Waals surface area contributed by atoms with Gasteiger partial charge < -0.3 is 0 Å². The molecule has 14 heavy (non-hydrogen) atoms. The molecule has 0 bridgehead atoms. The average molecular weight is 206 g/mol. The zero-order valence-electron chi connectivity index (χ0n) is 7.24. The third-order valence-electron chi connectivity index (χ3n) is 1.92. The summed E-state index contributed by atoms with van der Waals surface area (Å²) in [7, 11) is 0. The summed E-state index contributed by atoms with van der Waals surface area (Å²) in [5.74, 6) is -0.261. The van der Waals surface area contributed by atoms with Crippen LogP contribution in [0.25, 0.3) is 11.1 Å². The van der Waals surface area contributed by atoms with Crippen LogP contribution in [0.3, 0.4) is 0 Å². The number of rotatable bonds is 2. The number of halogens is 1. The van der Waals surface area contributed by atoms with Crippen LogP contribution >= 0.6 is 11.3 Å². The number of hydrogen-bond acceptors (Lipinski definition) is 2. The van der Waals surface area contributed by atoms with Crippen LogP contribution in [-0.4, -0.2) is 6.29 Å². The van der Waals surface area contributed by atoms with Crippen LogP contribution in [0.2, 0.25) is 0 Å². The zero-order chi connectivity index (χ0) is 9.97. The molecule has 0 fully saturated rings. The van der Waals surface area contributed by atoms with Gasteiger partial charge in [-0.25, -0.2) is 4.39 Å². The van der Waals surface area contributed by atoms with Crippen molar-refractivity contribution in [3.63, 3.8) is 0 Å². The predicted octanol–water partition coefficient (Wildman–Crippen LogP) is 3.37. The van der Waals surface area contributed by atoms with Crippen molar-refractivity contribution >= 4 is 17.6 Å². The van der Waals surface area contributed by atoms with Gasteiger partial charge >= 0.3 is 0 Å². The van der Waals surface area contributed by atoms with Crippen molar-refractivity contribution < 1.29 is 9.18 Å². The zero-order valence-corrected chi connectivity index (χ0v) is 8.05. The number of carbonyl (C=O) groups excluding carboxylic acids is 1. The van der Waals surface area contributed by atoms with Crippen molar-refractivity contribution in [2.24, 2.45) is 0 Å². The Morgan fingerprint density at radius 1 is 1.29 bits per heavy atom. The highest BCUT2D eigenvalue weighted by Crippen LogP contribution is 2.26. The Balaban J connectivity index is 2.49. The largest absolute Gasteiger partial charge is 0.297 e. The van der Waals surface area contributed by atoms with Crippen LogP contribution < -0.4 is 0 Å². The highest BCUT2D eigenvalue weighted by molar-refractivity contribution is 7.12. The Morgan fingerprint density at radius 2 is 2.07 bits per heavy atom. The second-order valence-corrected chi connectivity index (χ2v) is 3.78. The maximum Gasteiger partial charge on any atom is 0.160 e. The quantitative estimate of drug-likeness (QED) is 0.688. The summed E-state index contributed by atoms with van der Waals surface area (Å²) in [5, 5.41) is 1.78. The fourth-order valence-corrected chi connectivity index (χ4v) is 1.96. The number of carbonyl (C=O) groups is 1. The fourth-order valence-electron chi connectivity index (χ4n) is 1.25. The molecule has 0 aliphatic rings. The number of thiophene rings is 1. The molecule has 0 saturated heterocycles. The first-order chi connectivity index (χ1) is 6.81. The summed E-state index contributed by atoms with van der Waals surface area (Å²) >= 11 is 1.32. The Labute approximate surface area is 84.8 Å². The topological polar surface area (TPSA) is 17.1 Å². The smallest absolute Gasteiger partial charge is 0.160 e. The first-order valence-corrected chi connectivity index (χ1v) is 4.98. The van der Waals surface area contributed by atoms with Crippen LogP contribution in [0.15, 0.2) is 35.7 Å². The van der Waals surface area contributed by atoms with Gasteiger partial charge in [0.15, 0.2) is 6.29 Å². The van der Waals surface area contributed by atoms with Gasteiger partial charge in [-0.15, -0.1) is 11.3 Å². The van der Waals surface area contributed by atoms with E-state index >= 15 is 0 Å². The lowest BCUT2D eigenvalue weighted by molar-refractivity contribution is 0.112. The van der Waals surface area contributed by atoms with Crippen molar-refractivity contribution in [3.05, 3.63) is 46.4 Å². The lowest BCUT2D eigenvalue weighted by Gasteiger charge is -1.97. The summed E-state index contributed by atoms with van der Waals surface area (Å²) in [5.41, 5.74) is 1.30. The third-order valence-corrected chi connectivity index (χ3v) is 2.78. The van der Waals surface area contributed by atoms with E-state index in [2.05, 4.69) is 0 Å². The Morgan fingerprint density at radius 3 is 2.71 bits per heavy atom. The van der Waals surface area contributed by atoms with Gasteiger partial charge in [0, 0.05) is 5.56 Å². The Kier molecular flexibility index (Phi) is 2.41. The molecule has 1 heterocycles. The molecule has 0 radical (unpaired) electrons. The highest BCUT2D eigenvalue weighted by atomic mass is 32.1. The van der Waals surface area contributed by atoms with Gasteiger partial charge in [0.2, 0.25) is 0 Å². The van der Waals surface area contributed by atoms with Crippen LogP contribution in [-0.2, 0) is 0 Å². The van der Waals surface area contributed by atoms with Crippen molar-refractivity contribution in [2.45, 2.75) is 0 Å². The molecular formula is C11H7FOS. The SMILES string of the molecule is O=Cc1cc(-c2ccccc2F)cs1. The molecule has 0 amide bonds. The molecule has 0 saturated carbocycles. The molecule has 0 aliphatic carbocycles. The summed E-state index contributed by atoms with van der Waals surface area (Å²) in [4.78, 5) is 11.1. The van der Waals surface area contributed by atoms with Gasteiger partial charge in [-0.3, -0.25) is 4.79 Å². The highest BCUT2D eigenvalue weighted by Gasteiger charge is 2.05. The second kappa shape index (κ2) is 3.72. The van der Waals surface area contributed by atoms with Gasteiger partial charge in [0.25, 0.3) is 0 Å². The Bertz CT molecular complexity index is 462. The minimum Gasteiger partial charge on any atom is -0.297 e. The maximum absolute atomic E-state index is 13.3. The predicted molar refractivity (Wildman–Crippen MR) is 55.1 cm³/mol. The normalized spacial score (nSPS) is 10.1. The van der Waals surface area contributed by atoms with E-state index in [0.717, 1.165) is 11.8 Å². The molecule has 3 heteroatoms. The van der Waals surface area contributed by atoms with E-state index in [0.29, 0.717) is 10.4 Å². The van der Waals surface area contributed by atoms with E-state index in [1.54, 1.807) is 29.6 Å². The summed E-state index contributed by atoms with van der Waals surface area (Å²) < 4.78 is 13.3. The first kappa shape index (κ1) is 9.09. The molecule has 0 aliphatic heterocycles. The number of benzene rings is 1. The average Bonchev–Trinajstić information content (AvgIpc) is 2.67. The minimum absolute atomic E-state index is 0.261. The van der Waals surface area contributed by atoms with Gasteiger partial charge in [0.1, 0.15) is 5.82 Å². The van der Waals surface area contributed by atoms with Gasteiger partial charge in [-0.2, -0.15) is 0 Å². The van der Waals surface area contributed by atoms with E-state index in [1.807, 2.05) is 0 Å². The summed E-state index contributed by atoms with van der Waals surface area (Å²) in [6, 6.07) is 8.22. The number of aldehydes is 1. The van der Waals surface area contributed by atoms with Crippen molar-refractivity contribution in [1.29, 1.82) is 0 Å². The van der Waals surface area contributed by atoms with Crippen molar-refractivity contribution in [3.8, 4) is 11.1 Å². The lowest BCUT2D eigenvalue weighted by Crippen LogP contribution is -1.80. The standard InChI is InChI=1S/C11H7FOS/c12-11-4-2-1-3-10(11)8-5-9(6-13)14-7-8/h1-7H. The van der Waals surface area contributed by atoms with Gasteiger partial charge in [-0.05, 0) is 23.1 Å². The molecular weight excluding hydrogens is 199 g/mol. The Hall–Kier alpha value is -1.48. The third kappa shape index (κ3) is 1.59. The molecule has 0 atom stereocenters. The minimum atomic E-state index is -0.261. The molecule has 1 aromatic carbocycles. The van der Waals surface area contributed by atoms with Crippen molar-refractivity contribution in [2.75, 3.05) is 0 Å². The lowest BCUT2D eigenvalue weighted by atomic mass is 10.1. The van der Waals surface area contributed by atoms with E-state index < -0.39 is 0 Å². The maximum atomic E-state index is 13.3. The fraction of sp³-hybridized carbons (Fsp3) is 0. The van der Waals surface area contributed by atoms with Crippen LogP contribution in [0.5, 0.6) is 0 Å². The molecule has 2 rings (SSSR count). The molecule has 0 spiro atoms. The molecule has 1 nitrogen and oxygen atoms in total. The molecule has 0 N–H and O–H groups in total. The van der Waals surface area contributed by atoms with Crippen LogP contribution in [0, 0.1) is 5.82 Å². The van der Waals surface area contributed by atoms with Crippen LogP contribution in [0.1, 0.15) is 9.67 Å². The summed E-state index contributed by atoms with van der Waals surface area (Å²) in [6.07, 6.45) is 0.773. The molecule has 2 aromatic rings. The molecule has 1 aromatic heterocycles. The van der Waals surface area contributed by atoms with E-state index in [9.17, 15) is 9.18 Å². The van der Waals surface area contributed by atoms with E-state index in [4.69, 9.17) is 0 Å². The second-order valence-electron chi connectivity index (χ2n) is 2.84. The van der Waals surface area contributed by atoms with Crippen LogP contribution in [0.4, 0.5) is 4.39 Å². The monoisotopic (exact) mass is 206 g/mol. The number of hydrogen-bond donors (Lipinski definition) is 0. The molecule has 0 unspecified atom stereocenters. The summed E-state index contributed by atoms with van der Waals surface area (Å²) in [6.45, 7) is 0. The first-order valence-electron chi connectivity index (χ1n) is 4.10. The van der Waals surface area contributed by atoms with E-state index in [-0.39, 0.29) is 5.82 Å². The van der Waals surface area contributed by atoms with Gasteiger partial charge in [-0.1, -0.05) is 18.2 Å². The molecule has 70 valence electrons.